The molecule has 0 unspecified atom stereocenters. The number of carbonyl (C=O) groups excluding carboxylic acids is 1. The van der Waals surface area contributed by atoms with E-state index >= 15 is 0 Å². The Kier molecular flexibility index (Phi) is 2.49. The van der Waals surface area contributed by atoms with Gasteiger partial charge in [-0.3, -0.25) is 10.00 Å². The van der Waals surface area contributed by atoms with E-state index in [9.17, 15) is 4.79 Å². The highest BCUT2D eigenvalue weighted by Crippen LogP contribution is 2.08. The second-order valence-electron chi connectivity index (χ2n) is 3.15. The summed E-state index contributed by atoms with van der Waals surface area (Å²) in [5, 5.41) is 7.32. The predicted octanol–water partition coefficient (Wildman–Crippen LogP) is 0.163. The average Bonchev–Trinajstić information content (AvgIpc) is 2.61. The van der Waals surface area contributed by atoms with Crippen LogP contribution in [0.4, 0.5) is 0 Å². The molecule has 1 aliphatic rings. The third-order valence-corrected chi connectivity index (χ3v) is 2.17. The maximum Gasteiger partial charge on any atom is 0.358 e. The Morgan fingerprint density at radius 1 is 1.79 bits per heavy atom. The molecule has 5 nitrogen and oxygen atoms in total. The van der Waals surface area contributed by atoms with E-state index in [1.807, 2.05) is 0 Å². The molecular formula is C9H13N3O2. The molecule has 0 saturated carbocycles. The van der Waals surface area contributed by atoms with E-state index in [-0.39, 0.29) is 5.97 Å². The summed E-state index contributed by atoms with van der Waals surface area (Å²) in [5.74, 6) is -0.339. The standard InChI is InChI=1S/C9H13N3O2/c1-2-14-9(13)8-5-7-3-4-10-6-12(7)11-8/h5,10H,2-4,6H2,1H3. The van der Waals surface area contributed by atoms with Crippen molar-refractivity contribution >= 4 is 5.97 Å². The fourth-order valence-corrected chi connectivity index (χ4v) is 1.50. The van der Waals surface area contributed by atoms with Crippen molar-refractivity contribution in [3.63, 3.8) is 0 Å². The molecule has 2 rings (SSSR count). The minimum atomic E-state index is -0.339. The second-order valence-corrected chi connectivity index (χ2v) is 3.15. The molecule has 2 heterocycles. The van der Waals surface area contributed by atoms with Crippen LogP contribution in [0.3, 0.4) is 0 Å². The van der Waals surface area contributed by atoms with E-state index in [4.69, 9.17) is 4.74 Å². The number of nitrogens with one attached hydrogen (secondary N) is 1. The van der Waals surface area contributed by atoms with Gasteiger partial charge in [0, 0.05) is 18.7 Å². The molecule has 1 aliphatic heterocycles. The van der Waals surface area contributed by atoms with Gasteiger partial charge in [-0.2, -0.15) is 5.10 Å². The van der Waals surface area contributed by atoms with Gasteiger partial charge in [0.1, 0.15) is 0 Å². The van der Waals surface area contributed by atoms with Crippen LogP contribution in [0.25, 0.3) is 0 Å². The maximum atomic E-state index is 11.3. The number of fused-ring (bicyclic) bond motifs is 1. The second kappa shape index (κ2) is 3.79. The minimum absolute atomic E-state index is 0.339. The lowest BCUT2D eigenvalue weighted by Gasteiger charge is -2.13. The SMILES string of the molecule is CCOC(=O)c1cc2n(n1)CNCC2. The molecule has 0 atom stereocenters. The smallest absolute Gasteiger partial charge is 0.358 e. The zero-order chi connectivity index (χ0) is 9.97. The average molecular weight is 195 g/mol. The number of hydrogen-bond donors (Lipinski definition) is 1. The monoisotopic (exact) mass is 195 g/mol. The van der Waals surface area contributed by atoms with Crippen LogP contribution in [0.2, 0.25) is 0 Å². The summed E-state index contributed by atoms with van der Waals surface area (Å²) < 4.78 is 6.67. The van der Waals surface area contributed by atoms with Crippen molar-refractivity contribution in [3.05, 3.63) is 17.5 Å². The Hall–Kier alpha value is -1.36. The topological polar surface area (TPSA) is 56.2 Å². The van der Waals surface area contributed by atoms with E-state index in [0.29, 0.717) is 19.0 Å². The van der Waals surface area contributed by atoms with Gasteiger partial charge in [0.15, 0.2) is 5.69 Å². The Bertz CT molecular complexity index is 322. The third kappa shape index (κ3) is 1.63. The number of carbonyl (C=O) groups is 1. The Morgan fingerprint density at radius 3 is 3.36 bits per heavy atom. The summed E-state index contributed by atoms with van der Waals surface area (Å²) in [7, 11) is 0. The number of rotatable bonds is 2. The van der Waals surface area contributed by atoms with Crippen LogP contribution in [0.1, 0.15) is 23.1 Å². The van der Waals surface area contributed by atoms with Crippen LogP contribution in [-0.4, -0.2) is 28.9 Å². The van der Waals surface area contributed by atoms with Crippen LogP contribution in [0, 0.1) is 0 Å². The molecule has 0 saturated heterocycles. The van der Waals surface area contributed by atoms with Crippen molar-refractivity contribution in [2.75, 3.05) is 13.2 Å². The summed E-state index contributed by atoms with van der Waals surface area (Å²) in [6.45, 7) is 3.79. The summed E-state index contributed by atoms with van der Waals surface area (Å²) in [6.07, 6.45) is 0.909. The van der Waals surface area contributed by atoms with Crippen molar-refractivity contribution in [1.29, 1.82) is 0 Å². The molecule has 0 bridgehead atoms. The highest BCUT2D eigenvalue weighted by Gasteiger charge is 2.16. The molecule has 0 fully saturated rings. The Balaban J connectivity index is 2.19. The molecular weight excluding hydrogens is 182 g/mol. The summed E-state index contributed by atoms with van der Waals surface area (Å²) in [4.78, 5) is 11.3. The quantitative estimate of drug-likeness (QED) is 0.683. The molecule has 0 aromatic carbocycles. The largest absolute Gasteiger partial charge is 0.461 e. The zero-order valence-corrected chi connectivity index (χ0v) is 8.12. The van der Waals surface area contributed by atoms with Crippen LogP contribution in [0.5, 0.6) is 0 Å². The maximum absolute atomic E-state index is 11.3. The van der Waals surface area contributed by atoms with Gasteiger partial charge in [0.05, 0.1) is 13.3 Å². The number of hydrogen-bond acceptors (Lipinski definition) is 4. The molecule has 0 amide bonds. The summed E-state index contributed by atoms with van der Waals surface area (Å²) in [6, 6.07) is 1.80. The van der Waals surface area contributed by atoms with Crippen LogP contribution >= 0.6 is 0 Å². The van der Waals surface area contributed by atoms with E-state index < -0.39 is 0 Å². The molecule has 0 aliphatic carbocycles. The lowest BCUT2D eigenvalue weighted by molar-refractivity contribution is 0.0518. The lowest BCUT2D eigenvalue weighted by Crippen LogP contribution is -2.29. The van der Waals surface area contributed by atoms with Crippen molar-refractivity contribution in [2.45, 2.75) is 20.0 Å². The third-order valence-electron chi connectivity index (χ3n) is 2.17. The van der Waals surface area contributed by atoms with Gasteiger partial charge in [-0.15, -0.1) is 0 Å². The summed E-state index contributed by atoms with van der Waals surface area (Å²) >= 11 is 0. The molecule has 76 valence electrons. The highest BCUT2D eigenvalue weighted by molar-refractivity contribution is 5.87. The Labute approximate surface area is 82.0 Å². The van der Waals surface area contributed by atoms with Gasteiger partial charge in [-0.1, -0.05) is 0 Å². The van der Waals surface area contributed by atoms with E-state index in [1.54, 1.807) is 17.7 Å². The van der Waals surface area contributed by atoms with Crippen molar-refractivity contribution in [3.8, 4) is 0 Å². The number of nitrogens with zero attached hydrogens (tertiary/aromatic N) is 2. The highest BCUT2D eigenvalue weighted by atomic mass is 16.5. The fraction of sp³-hybridized carbons (Fsp3) is 0.556. The van der Waals surface area contributed by atoms with Gasteiger partial charge >= 0.3 is 5.97 Å². The van der Waals surface area contributed by atoms with Gasteiger partial charge in [0.25, 0.3) is 0 Å². The molecule has 1 N–H and O–H groups in total. The van der Waals surface area contributed by atoms with Gasteiger partial charge < -0.3 is 4.74 Å². The minimum Gasteiger partial charge on any atom is -0.461 e. The lowest BCUT2D eigenvalue weighted by atomic mass is 10.2. The van der Waals surface area contributed by atoms with Gasteiger partial charge in [-0.05, 0) is 13.0 Å². The van der Waals surface area contributed by atoms with Gasteiger partial charge in [-0.25, -0.2) is 4.79 Å². The molecule has 5 heteroatoms. The van der Waals surface area contributed by atoms with Gasteiger partial charge in [0.2, 0.25) is 0 Å². The molecule has 0 radical (unpaired) electrons. The molecule has 0 spiro atoms. The first kappa shape index (κ1) is 9.21. The van der Waals surface area contributed by atoms with Crippen LogP contribution in [-0.2, 0) is 17.8 Å². The van der Waals surface area contributed by atoms with Crippen molar-refractivity contribution < 1.29 is 9.53 Å². The number of ether oxygens (including phenoxy) is 1. The summed E-state index contributed by atoms with van der Waals surface area (Å²) in [5.41, 5.74) is 1.50. The Morgan fingerprint density at radius 2 is 2.64 bits per heavy atom. The molecule has 1 aromatic heterocycles. The number of aromatic nitrogens is 2. The normalized spacial score (nSPS) is 14.9. The zero-order valence-electron chi connectivity index (χ0n) is 8.12. The van der Waals surface area contributed by atoms with Crippen molar-refractivity contribution in [2.24, 2.45) is 0 Å². The predicted molar refractivity (Wildman–Crippen MR) is 49.9 cm³/mol. The van der Waals surface area contributed by atoms with Crippen molar-refractivity contribution in [1.82, 2.24) is 15.1 Å². The first-order chi connectivity index (χ1) is 6.81. The fourth-order valence-electron chi connectivity index (χ4n) is 1.50. The number of esters is 1. The van der Waals surface area contributed by atoms with E-state index in [1.165, 1.54) is 0 Å². The molecule has 1 aromatic rings. The first-order valence-corrected chi connectivity index (χ1v) is 4.76. The molecule has 14 heavy (non-hydrogen) atoms. The first-order valence-electron chi connectivity index (χ1n) is 4.76. The van der Waals surface area contributed by atoms with Crippen LogP contribution in [0.15, 0.2) is 6.07 Å². The van der Waals surface area contributed by atoms with Crippen LogP contribution < -0.4 is 5.32 Å². The van der Waals surface area contributed by atoms with E-state index in [0.717, 1.165) is 18.7 Å². The van der Waals surface area contributed by atoms with E-state index in [2.05, 4.69) is 10.4 Å².